The van der Waals surface area contributed by atoms with Crippen LogP contribution < -0.4 is 5.32 Å². The highest BCUT2D eigenvalue weighted by molar-refractivity contribution is 6.05. The number of rotatable bonds is 2. The molecule has 0 aliphatic rings. The molecule has 0 bridgehead atoms. The summed E-state index contributed by atoms with van der Waals surface area (Å²) >= 11 is 0. The van der Waals surface area contributed by atoms with Crippen LogP contribution in [0.15, 0.2) is 22.8 Å². The number of hydrogen-bond acceptors (Lipinski definition) is 2. The molecule has 1 aromatic carbocycles. The van der Waals surface area contributed by atoms with Crippen molar-refractivity contribution in [3.63, 3.8) is 0 Å². The number of amides is 1. The van der Waals surface area contributed by atoms with E-state index in [-0.39, 0.29) is 5.91 Å². The third-order valence-corrected chi connectivity index (χ3v) is 1.93. The van der Waals surface area contributed by atoms with Gasteiger partial charge >= 0.3 is 0 Å². The molecule has 0 saturated heterocycles. The predicted octanol–water partition coefficient (Wildman–Crippen LogP) is 1.78. The van der Waals surface area contributed by atoms with Crippen LogP contribution in [0, 0.1) is 12.1 Å². The first-order chi connectivity index (χ1) is 6.83. The number of fused-ring (bicyclic) bond motifs is 1. The molecule has 0 fully saturated rings. The van der Waals surface area contributed by atoms with E-state index in [2.05, 4.69) is 17.4 Å². The SMILES string of the molecule is CCNC(=O)c1coc2c#cccc12. The van der Waals surface area contributed by atoms with E-state index in [1.54, 1.807) is 12.1 Å². The summed E-state index contributed by atoms with van der Waals surface area (Å²) in [5, 5.41) is 3.49. The number of hydrogen-bond donors (Lipinski definition) is 1. The Morgan fingerprint density at radius 1 is 1.64 bits per heavy atom. The third-order valence-electron chi connectivity index (χ3n) is 1.93. The first-order valence-electron chi connectivity index (χ1n) is 4.40. The van der Waals surface area contributed by atoms with Gasteiger partial charge in [0.2, 0.25) is 0 Å². The topological polar surface area (TPSA) is 42.2 Å². The second-order valence-corrected chi connectivity index (χ2v) is 2.85. The molecule has 0 radical (unpaired) electrons. The zero-order valence-electron chi connectivity index (χ0n) is 7.76. The standard InChI is InChI=1S/C11H9NO2/c1-2-12-11(13)9-7-14-10-6-4-3-5-8(9)10/h3,5,7H,2H2,1H3,(H,12,13). The molecule has 0 unspecified atom stereocenters. The maximum Gasteiger partial charge on any atom is 0.255 e. The molecule has 14 heavy (non-hydrogen) atoms. The average molecular weight is 187 g/mol. The second kappa shape index (κ2) is 3.43. The highest BCUT2D eigenvalue weighted by Crippen LogP contribution is 2.18. The fourth-order valence-corrected chi connectivity index (χ4v) is 1.29. The zero-order valence-corrected chi connectivity index (χ0v) is 7.76. The minimum absolute atomic E-state index is 0.120. The lowest BCUT2D eigenvalue weighted by molar-refractivity contribution is 0.0956. The van der Waals surface area contributed by atoms with Gasteiger partial charge in [0.25, 0.3) is 5.91 Å². The molecule has 0 atom stereocenters. The summed E-state index contributed by atoms with van der Waals surface area (Å²) in [4.78, 5) is 11.5. The second-order valence-electron chi connectivity index (χ2n) is 2.85. The number of carbonyl (C=O) groups is 1. The monoisotopic (exact) mass is 187 g/mol. The molecule has 3 heteroatoms. The van der Waals surface area contributed by atoms with Crippen molar-refractivity contribution in [2.24, 2.45) is 0 Å². The van der Waals surface area contributed by atoms with Crippen molar-refractivity contribution in [1.29, 1.82) is 0 Å². The minimum Gasteiger partial charge on any atom is -0.454 e. The van der Waals surface area contributed by atoms with Crippen LogP contribution in [0.3, 0.4) is 0 Å². The lowest BCUT2D eigenvalue weighted by atomic mass is 10.2. The molecule has 1 aromatic heterocycles. The van der Waals surface area contributed by atoms with Crippen molar-refractivity contribution in [3.8, 4) is 0 Å². The summed E-state index contributed by atoms with van der Waals surface area (Å²) in [6.45, 7) is 2.48. The van der Waals surface area contributed by atoms with Gasteiger partial charge in [-0.05, 0) is 25.1 Å². The molecule has 3 nitrogen and oxygen atoms in total. The van der Waals surface area contributed by atoms with Gasteiger partial charge in [-0.1, -0.05) is 6.07 Å². The summed E-state index contributed by atoms with van der Waals surface area (Å²) < 4.78 is 5.17. The van der Waals surface area contributed by atoms with E-state index in [1.165, 1.54) is 6.26 Å². The van der Waals surface area contributed by atoms with Gasteiger partial charge in [0, 0.05) is 11.9 Å². The van der Waals surface area contributed by atoms with Crippen LogP contribution in [0.1, 0.15) is 17.3 Å². The van der Waals surface area contributed by atoms with E-state index in [0.717, 1.165) is 5.39 Å². The minimum atomic E-state index is -0.120. The van der Waals surface area contributed by atoms with Gasteiger partial charge < -0.3 is 9.73 Å². The summed E-state index contributed by atoms with van der Waals surface area (Å²) in [6.07, 6.45) is 1.44. The van der Waals surface area contributed by atoms with Gasteiger partial charge in [0.1, 0.15) is 6.26 Å². The normalized spacial score (nSPS) is 9.79. The molecule has 2 aromatic rings. The molecular weight excluding hydrogens is 178 g/mol. The van der Waals surface area contributed by atoms with Crippen molar-refractivity contribution in [1.82, 2.24) is 5.32 Å². The molecule has 0 aliphatic carbocycles. The maximum absolute atomic E-state index is 11.5. The van der Waals surface area contributed by atoms with Crippen LogP contribution in [-0.4, -0.2) is 12.5 Å². The Morgan fingerprint density at radius 2 is 2.50 bits per heavy atom. The van der Waals surface area contributed by atoms with Crippen LogP contribution >= 0.6 is 0 Å². The molecule has 1 amide bonds. The van der Waals surface area contributed by atoms with E-state index in [4.69, 9.17) is 4.42 Å². The molecule has 1 heterocycles. The van der Waals surface area contributed by atoms with Crippen LogP contribution in [0.25, 0.3) is 11.0 Å². The van der Waals surface area contributed by atoms with Crippen LogP contribution in [0.5, 0.6) is 0 Å². The van der Waals surface area contributed by atoms with Crippen LogP contribution in [0.2, 0.25) is 0 Å². The Hall–Kier alpha value is -1.95. The summed E-state index contributed by atoms with van der Waals surface area (Å²) in [7, 11) is 0. The molecule has 2 rings (SSSR count). The van der Waals surface area contributed by atoms with Crippen molar-refractivity contribution in [2.75, 3.05) is 6.54 Å². The van der Waals surface area contributed by atoms with Gasteiger partial charge in [0.15, 0.2) is 5.58 Å². The van der Waals surface area contributed by atoms with Crippen molar-refractivity contribution < 1.29 is 9.21 Å². The van der Waals surface area contributed by atoms with E-state index in [1.807, 2.05) is 6.92 Å². The molecule has 70 valence electrons. The lowest BCUT2D eigenvalue weighted by Crippen LogP contribution is -2.22. The van der Waals surface area contributed by atoms with Gasteiger partial charge in [-0.15, -0.1) is 0 Å². The smallest absolute Gasteiger partial charge is 0.255 e. The van der Waals surface area contributed by atoms with Gasteiger partial charge in [-0.2, -0.15) is 0 Å². The largest absolute Gasteiger partial charge is 0.454 e. The maximum atomic E-state index is 11.5. The quantitative estimate of drug-likeness (QED) is 0.778. The van der Waals surface area contributed by atoms with Crippen molar-refractivity contribution in [2.45, 2.75) is 6.92 Å². The molecule has 1 N–H and O–H groups in total. The highest BCUT2D eigenvalue weighted by Gasteiger charge is 2.11. The van der Waals surface area contributed by atoms with Crippen molar-refractivity contribution >= 4 is 16.9 Å². The Balaban J connectivity index is 2.47. The Bertz CT molecular complexity index is 459. The Kier molecular flexibility index (Phi) is 2.11. The summed E-state index contributed by atoms with van der Waals surface area (Å²) in [6, 6.07) is 9.07. The van der Waals surface area contributed by atoms with Gasteiger partial charge in [-0.25, -0.2) is 0 Å². The average Bonchev–Trinajstić information content (AvgIpc) is 2.61. The fourth-order valence-electron chi connectivity index (χ4n) is 1.29. The van der Waals surface area contributed by atoms with Crippen LogP contribution in [-0.2, 0) is 0 Å². The third kappa shape index (κ3) is 1.31. The summed E-state index contributed by atoms with van der Waals surface area (Å²) in [5.41, 5.74) is 1.11. The number of carbonyl (C=O) groups excluding carboxylic acids is 1. The molecule has 0 spiro atoms. The molecule has 0 saturated carbocycles. The predicted molar refractivity (Wildman–Crippen MR) is 51.9 cm³/mol. The number of furan rings is 1. The Morgan fingerprint density at radius 3 is 3.29 bits per heavy atom. The first kappa shape index (κ1) is 8.64. The fraction of sp³-hybridized carbons (Fsp3) is 0.182. The van der Waals surface area contributed by atoms with Crippen LogP contribution in [0.4, 0.5) is 0 Å². The summed E-state index contributed by atoms with van der Waals surface area (Å²) in [5.74, 6) is -0.120. The highest BCUT2D eigenvalue weighted by atomic mass is 16.3. The lowest BCUT2D eigenvalue weighted by Gasteiger charge is -1.97. The zero-order chi connectivity index (χ0) is 9.97. The van der Waals surface area contributed by atoms with Gasteiger partial charge in [0.05, 0.1) is 5.56 Å². The van der Waals surface area contributed by atoms with E-state index in [0.29, 0.717) is 17.7 Å². The Labute approximate surface area is 81.7 Å². The van der Waals surface area contributed by atoms with Gasteiger partial charge in [-0.3, -0.25) is 4.79 Å². The number of nitrogens with one attached hydrogen (secondary N) is 1. The van der Waals surface area contributed by atoms with E-state index >= 15 is 0 Å². The van der Waals surface area contributed by atoms with Crippen molar-refractivity contribution in [3.05, 3.63) is 36.1 Å². The first-order valence-corrected chi connectivity index (χ1v) is 4.40. The molecule has 0 aliphatic heterocycles. The van der Waals surface area contributed by atoms with E-state index in [9.17, 15) is 4.79 Å². The molecular formula is C11H9NO2. The van der Waals surface area contributed by atoms with E-state index < -0.39 is 0 Å².